The van der Waals surface area contributed by atoms with Gasteiger partial charge in [-0.2, -0.15) is 0 Å². The van der Waals surface area contributed by atoms with E-state index in [0.717, 1.165) is 31.0 Å². The van der Waals surface area contributed by atoms with Gasteiger partial charge in [0, 0.05) is 6.54 Å². The van der Waals surface area contributed by atoms with Crippen LogP contribution < -0.4 is 10.1 Å². The van der Waals surface area contributed by atoms with E-state index in [1.54, 1.807) is 6.20 Å². The average Bonchev–Trinajstić information content (AvgIpc) is 2.36. The molecule has 1 N–H and O–H groups in total. The van der Waals surface area contributed by atoms with Crippen molar-refractivity contribution in [2.75, 3.05) is 25.1 Å². The van der Waals surface area contributed by atoms with Crippen LogP contribution in [0.4, 0.5) is 5.82 Å². The van der Waals surface area contributed by atoms with Crippen molar-refractivity contribution in [2.45, 2.75) is 46.6 Å². The van der Waals surface area contributed by atoms with Gasteiger partial charge < -0.3 is 14.8 Å². The van der Waals surface area contributed by atoms with Gasteiger partial charge in [0.2, 0.25) is 0 Å². The lowest BCUT2D eigenvalue weighted by Gasteiger charge is -2.13. The molecule has 0 spiro atoms. The van der Waals surface area contributed by atoms with Crippen molar-refractivity contribution < 1.29 is 9.47 Å². The first-order valence-electron chi connectivity index (χ1n) is 6.95. The molecule has 0 fully saturated rings. The third-order valence-electron chi connectivity index (χ3n) is 2.49. The highest BCUT2D eigenvalue weighted by atomic mass is 16.5. The highest BCUT2D eigenvalue weighted by Gasteiger charge is 2.06. The highest BCUT2D eigenvalue weighted by Crippen LogP contribution is 2.20. The number of aryl methyl sites for hydroxylation is 1. The van der Waals surface area contributed by atoms with Gasteiger partial charge in [0.05, 0.1) is 18.9 Å². The summed E-state index contributed by atoms with van der Waals surface area (Å²) in [6.45, 7) is 10.0. The zero-order valence-corrected chi connectivity index (χ0v) is 12.4. The lowest BCUT2D eigenvalue weighted by Crippen LogP contribution is -2.13. The number of nitrogens with zero attached hydrogens (tertiary/aromatic N) is 2. The van der Waals surface area contributed by atoms with Crippen molar-refractivity contribution in [3.63, 3.8) is 0 Å². The third-order valence-corrected chi connectivity index (χ3v) is 2.49. The van der Waals surface area contributed by atoms with Crippen LogP contribution in [0.15, 0.2) is 6.20 Å². The fourth-order valence-corrected chi connectivity index (χ4v) is 1.51. The minimum atomic E-state index is 0.222. The minimum absolute atomic E-state index is 0.222. The second kappa shape index (κ2) is 8.69. The topological polar surface area (TPSA) is 56.3 Å². The number of hydrogen-bond donors (Lipinski definition) is 1. The molecular formula is C14H25N3O2. The predicted octanol–water partition coefficient (Wildman–Crippen LogP) is 2.80. The summed E-state index contributed by atoms with van der Waals surface area (Å²) in [5, 5.41) is 3.29. The Kier molecular flexibility index (Phi) is 7.18. The van der Waals surface area contributed by atoms with Crippen molar-refractivity contribution in [3.05, 3.63) is 12.0 Å². The zero-order chi connectivity index (χ0) is 14.1. The molecule has 1 aromatic rings. The normalized spacial score (nSPS) is 10.8. The highest BCUT2D eigenvalue weighted by molar-refractivity contribution is 5.48. The largest absolute Gasteiger partial charge is 0.486 e. The Balaban J connectivity index is 2.50. The molecule has 19 heavy (non-hydrogen) atoms. The van der Waals surface area contributed by atoms with E-state index in [4.69, 9.17) is 9.47 Å². The van der Waals surface area contributed by atoms with Gasteiger partial charge in [-0.25, -0.2) is 9.97 Å². The van der Waals surface area contributed by atoms with Crippen molar-refractivity contribution in [1.29, 1.82) is 0 Å². The standard InChI is InChI=1S/C14H25N3O2/c1-5-6-7-15-14-13(10-16-12(4)17-14)19-9-8-18-11(2)3/h10-11H,5-9H2,1-4H3,(H,15,16,17). The van der Waals surface area contributed by atoms with Gasteiger partial charge in [-0.05, 0) is 27.2 Å². The average molecular weight is 267 g/mol. The monoisotopic (exact) mass is 267 g/mol. The number of hydrogen-bond acceptors (Lipinski definition) is 5. The summed E-state index contributed by atoms with van der Waals surface area (Å²) in [5.41, 5.74) is 0. The lowest BCUT2D eigenvalue weighted by atomic mass is 10.3. The van der Waals surface area contributed by atoms with E-state index in [1.807, 2.05) is 20.8 Å². The molecule has 1 rings (SSSR count). The summed E-state index contributed by atoms with van der Waals surface area (Å²) >= 11 is 0. The van der Waals surface area contributed by atoms with Gasteiger partial charge >= 0.3 is 0 Å². The summed E-state index contributed by atoms with van der Waals surface area (Å²) in [6, 6.07) is 0. The van der Waals surface area contributed by atoms with Crippen LogP contribution in [0, 0.1) is 6.92 Å². The second-order valence-electron chi connectivity index (χ2n) is 4.68. The molecular weight excluding hydrogens is 242 g/mol. The maximum Gasteiger partial charge on any atom is 0.179 e. The molecule has 0 aliphatic carbocycles. The number of rotatable bonds is 9. The van der Waals surface area contributed by atoms with E-state index in [1.165, 1.54) is 0 Å². The Morgan fingerprint density at radius 1 is 1.32 bits per heavy atom. The molecule has 5 heteroatoms. The molecule has 0 aliphatic rings. The van der Waals surface area contributed by atoms with Gasteiger partial charge in [0.15, 0.2) is 11.6 Å². The van der Waals surface area contributed by atoms with E-state index in [2.05, 4.69) is 22.2 Å². The smallest absolute Gasteiger partial charge is 0.179 e. The molecule has 0 amide bonds. The third kappa shape index (κ3) is 6.38. The molecule has 0 unspecified atom stereocenters. The van der Waals surface area contributed by atoms with Gasteiger partial charge in [-0.1, -0.05) is 13.3 Å². The number of unbranched alkanes of at least 4 members (excludes halogenated alkanes) is 1. The van der Waals surface area contributed by atoms with E-state index < -0.39 is 0 Å². The number of aromatic nitrogens is 2. The fraction of sp³-hybridized carbons (Fsp3) is 0.714. The second-order valence-corrected chi connectivity index (χ2v) is 4.68. The molecule has 5 nitrogen and oxygen atoms in total. The molecule has 108 valence electrons. The Morgan fingerprint density at radius 2 is 2.11 bits per heavy atom. The van der Waals surface area contributed by atoms with Crippen LogP contribution in [0.5, 0.6) is 5.75 Å². The van der Waals surface area contributed by atoms with Gasteiger partial charge in [-0.3, -0.25) is 0 Å². The van der Waals surface area contributed by atoms with E-state index in [0.29, 0.717) is 19.0 Å². The molecule has 0 aromatic carbocycles. The van der Waals surface area contributed by atoms with Crippen LogP contribution >= 0.6 is 0 Å². The predicted molar refractivity (Wildman–Crippen MR) is 76.7 cm³/mol. The molecule has 1 aromatic heterocycles. The molecule has 0 aliphatic heterocycles. The van der Waals surface area contributed by atoms with Gasteiger partial charge in [0.1, 0.15) is 12.4 Å². The maximum atomic E-state index is 5.66. The Hall–Kier alpha value is -1.36. The lowest BCUT2D eigenvalue weighted by molar-refractivity contribution is 0.0553. The maximum absolute atomic E-state index is 5.66. The van der Waals surface area contributed by atoms with Crippen molar-refractivity contribution in [3.8, 4) is 5.75 Å². The molecule has 0 saturated heterocycles. The van der Waals surface area contributed by atoms with E-state index in [9.17, 15) is 0 Å². The van der Waals surface area contributed by atoms with Gasteiger partial charge in [-0.15, -0.1) is 0 Å². The van der Waals surface area contributed by atoms with Crippen molar-refractivity contribution >= 4 is 5.82 Å². The van der Waals surface area contributed by atoms with Crippen LogP contribution in [-0.2, 0) is 4.74 Å². The molecule has 0 radical (unpaired) electrons. The van der Waals surface area contributed by atoms with Crippen molar-refractivity contribution in [2.24, 2.45) is 0 Å². The molecule has 0 bridgehead atoms. The summed E-state index contributed by atoms with van der Waals surface area (Å²) in [4.78, 5) is 8.54. The summed E-state index contributed by atoms with van der Waals surface area (Å²) < 4.78 is 11.1. The minimum Gasteiger partial charge on any atom is -0.486 e. The Morgan fingerprint density at radius 3 is 2.79 bits per heavy atom. The number of ether oxygens (including phenoxy) is 2. The van der Waals surface area contributed by atoms with E-state index >= 15 is 0 Å². The quantitative estimate of drug-likeness (QED) is 0.697. The fourth-order valence-electron chi connectivity index (χ4n) is 1.51. The Labute approximate surface area is 115 Å². The SMILES string of the molecule is CCCCNc1nc(C)ncc1OCCOC(C)C. The summed E-state index contributed by atoms with van der Waals surface area (Å²) in [5.74, 6) is 2.20. The summed E-state index contributed by atoms with van der Waals surface area (Å²) in [6.07, 6.45) is 4.19. The number of anilines is 1. The Bertz CT molecular complexity index is 370. The molecule has 0 atom stereocenters. The van der Waals surface area contributed by atoms with Crippen LogP contribution in [0.2, 0.25) is 0 Å². The first-order valence-corrected chi connectivity index (χ1v) is 6.95. The zero-order valence-electron chi connectivity index (χ0n) is 12.4. The van der Waals surface area contributed by atoms with E-state index in [-0.39, 0.29) is 6.10 Å². The molecule has 1 heterocycles. The van der Waals surface area contributed by atoms with Crippen molar-refractivity contribution in [1.82, 2.24) is 9.97 Å². The van der Waals surface area contributed by atoms with Crippen LogP contribution in [0.1, 0.15) is 39.4 Å². The number of nitrogens with one attached hydrogen (secondary N) is 1. The van der Waals surface area contributed by atoms with Gasteiger partial charge in [0.25, 0.3) is 0 Å². The summed E-state index contributed by atoms with van der Waals surface area (Å²) in [7, 11) is 0. The van der Waals surface area contributed by atoms with Crippen LogP contribution in [-0.4, -0.2) is 35.8 Å². The molecule has 0 saturated carbocycles. The van der Waals surface area contributed by atoms with Crippen LogP contribution in [0.25, 0.3) is 0 Å². The van der Waals surface area contributed by atoms with Crippen LogP contribution in [0.3, 0.4) is 0 Å². The first-order chi connectivity index (χ1) is 9.13. The first kappa shape index (κ1) is 15.7.